The quantitative estimate of drug-likeness (QED) is 0.882. The Balaban J connectivity index is 1.63. The van der Waals surface area contributed by atoms with Crippen LogP contribution in [-0.4, -0.2) is 36.1 Å². The SMILES string of the molecule is CNC(=O)c1cccc(N2CCC(Cc3ccc(CO)cc3)C2)n1. The molecule has 3 rings (SSSR count). The third kappa shape index (κ3) is 3.74. The number of nitrogens with one attached hydrogen (secondary N) is 1. The summed E-state index contributed by atoms with van der Waals surface area (Å²) < 4.78 is 0. The van der Waals surface area contributed by atoms with Crippen molar-refractivity contribution >= 4 is 11.7 Å². The molecule has 5 nitrogen and oxygen atoms in total. The number of aromatic nitrogens is 1. The third-order valence-electron chi connectivity index (χ3n) is 4.53. The monoisotopic (exact) mass is 325 g/mol. The summed E-state index contributed by atoms with van der Waals surface area (Å²) in [5.74, 6) is 1.29. The second kappa shape index (κ2) is 7.45. The molecule has 0 aliphatic carbocycles. The van der Waals surface area contributed by atoms with Gasteiger partial charge in [0, 0.05) is 20.1 Å². The van der Waals surface area contributed by atoms with Crippen LogP contribution >= 0.6 is 0 Å². The highest BCUT2D eigenvalue weighted by Crippen LogP contribution is 2.25. The van der Waals surface area contributed by atoms with Crippen LogP contribution in [-0.2, 0) is 13.0 Å². The van der Waals surface area contributed by atoms with Gasteiger partial charge in [-0.2, -0.15) is 0 Å². The third-order valence-corrected chi connectivity index (χ3v) is 4.53. The lowest BCUT2D eigenvalue weighted by Gasteiger charge is -2.18. The predicted molar refractivity (Wildman–Crippen MR) is 94.0 cm³/mol. The van der Waals surface area contributed by atoms with E-state index in [9.17, 15) is 4.79 Å². The van der Waals surface area contributed by atoms with Crippen molar-refractivity contribution in [3.63, 3.8) is 0 Å². The first-order valence-electron chi connectivity index (χ1n) is 8.32. The molecule has 1 unspecified atom stereocenters. The van der Waals surface area contributed by atoms with Crippen LogP contribution in [0.4, 0.5) is 5.82 Å². The van der Waals surface area contributed by atoms with Gasteiger partial charge in [-0.3, -0.25) is 4.79 Å². The lowest BCUT2D eigenvalue weighted by Crippen LogP contribution is -2.24. The van der Waals surface area contributed by atoms with E-state index in [1.165, 1.54) is 5.56 Å². The Bertz CT molecular complexity index is 700. The first-order valence-corrected chi connectivity index (χ1v) is 8.32. The number of aliphatic hydroxyl groups is 1. The molecule has 126 valence electrons. The Morgan fingerprint density at radius 3 is 2.71 bits per heavy atom. The highest BCUT2D eigenvalue weighted by molar-refractivity contribution is 5.92. The van der Waals surface area contributed by atoms with Crippen molar-refractivity contribution in [2.24, 2.45) is 5.92 Å². The first-order chi connectivity index (χ1) is 11.7. The summed E-state index contributed by atoms with van der Waals surface area (Å²) in [5, 5.41) is 11.7. The summed E-state index contributed by atoms with van der Waals surface area (Å²) in [4.78, 5) is 18.5. The second-order valence-electron chi connectivity index (χ2n) is 6.24. The molecule has 0 saturated carbocycles. The fraction of sp³-hybridized carbons (Fsp3) is 0.368. The highest BCUT2D eigenvalue weighted by atomic mass is 16.3. The minimum Gasteiger partial charge on any atom is -0.392 e. The molecule has 5 heteroatoms. The molecular weight excluding hydrogens is 302 g/mol. The number of hydrogen-bond acceptors (Lipinski definition) is 4. The minimum atomic E-state index is -0.156. The number of pyridine rings is 1. The summed E-state index contributed by atoms with van der Waals surface area (Å²) in [6, 6.07) is 13.7. The average molecular weight is 325 g/mol. The van der Waals surface area contributed by atoms with Crippen LogP contribution < -0.4 is 10.2 Å². The maximum atomic E-state index is 11.7. The zero-order valence-corrected chi connectivity index (χ0v) is 13.9. The molecule has 0 bridgehead atoms. The molecule has 1 aromatic carbocycles. The standard InChI is InChI=1S/C19H23N3O2/c1-20-19(24)17-3-2-4-18(21-17)22-10-9-16(12-22)11-14-5-7-15(13-23)8-6-14/h2-8,16,23H,9-13H2,1H3,(H,20,24). The van der Waals surface area contributed by atoms with Crippen LogP contribution in [0.25, 0.3) is 0 Å². The Labute approximate surface area is 142 Å². The fourth-order valence-electron chi connectivity index (χ4n) is 3.18. The van der Waals surface area contributed by atoms with Gasteiger partial charge in [0.25, 0.3) is 5.91 Å². The van der Waals surface area contributed by atoms with Crippen LogP contribution in [0.2, 0.25) is 0 Å². The number of anilines is 1. The van der Waals surface area contributed by atoms with Gasteiger partial charge in [-0.05, 0) is 42.0 Å². The van der Waals surface area contributed by atoms with Gasteiger partial charge in [0.1, 0.15) is 11.5 Å². The van der Waals surface area contributed by atoms with Crippen molar-refractivity contribution in [2.75, 3.05) is 25.0 Å². The van der Waals surface area contributed by atoms with Crippen molar-refractivity contribution < 1.29 is 9.90 Å². The Hall–Kier alpha value is -2.40. The number of rotatable bonds is 5. The van der Waals surface area contributed by atoms with Crippen LogP contribution in [0.15, 0.2) is 42.5 Å². The molecule has 24 heavy (non-hydrogen) atoms. The molecule has 1 atom stereocenters. The van der Waals surface area contributed by atoms with E-state index >= 15 is 0 Å². The maximum Gasteiger partial charge on any atom is 0.269 e. The molecule has 2 N–H and O–H groups in total. The van der Waals surface area contributed by atoms with Crippen LogP contribution in [0.1, 0.15) is 28.0 Å². The summed E-state index contributed by atoms with van der Waals surface area (Å²) in [6.45, 7) is 2.00. The Morgan fingerprint density at radius 1 is 1.25 bits per heavy atom. The molecule has 1 aliphatic rings. The zero-order chi connectivity index (χ0) is 16.9. The molecule has 0 spiro atoms. The van der Waals surface area contributed by atoms with Gasteiger partial charge >= 0.3 is 0 Å². The molecule has 1 amide bonds. The summed E-state index contributed by atoms with van der Waals surface area (Å²) >= 11 is 0. The predicted octanol–water partition coefficient (Wildman–Crippen LogP) is 2.00. The van der Waals surface area contributed by atoms with Gasteiger partial charge in [0.2, 0.25) is 0 Å². The summed E-state index contributed by atoms with van der Waals surface area (Å²) in [5.41, 5.74) is 2.70. The van der Waals surface area contributed by atoms with E-state index in [-0.39, 0.29) is 12.5 Å². The van der Waals surface area contributed by atoms with Gasteiger partial charge in [-0.1, -0.05) is 30.3 Å². The van der Waals surface area contributed by atoms with Crippen molar-refractivity contribution in [3.8, 4) is 0 Å². The first kappa shape index (κ1) is 16.5. The van der Waals surface area contributed by atoms with Gasteiger partial charge in [0.05, 0.1) is 6.61 Å². The number of carbonyl (C=O) groups is 1. The van der Waals surface area contributed by atoms with Crippen molar-refractivity contribution in [2.45, 2.75) is 19.4 Å². The Morgan fingerprint density at radius 2 is 2.00 bits per heavy atom. The van der Waals surface area contributed by atoms with Gasteiger partial charge < -0.3 is 15.3 Å². The van der Waals surface area contributed by atoms with E-state index in [4.69, 9.17) is 5.11 Å². The number of carbonyl (C=O) groups excluding carboxylic acids is 1. The number of benzene rings is 1. The zero-order valence-electron chi connectivity index (χ0n) is 13.9. The summed E-state index contributed by atoms with van der Waals surface area (Å²) in [6.07, 6.45) is 2.14. The van der Waals surface area contributed by atoms with Crippen LogP contribution in [0.3, 0.4) is 0 Å². The van der Waals surface area contributed by atoms with Crippen molar-refractivity contribution in [1.82, 2.24) is 10.3 Å². The molecule has 0 radical (unpaired) electrons. The molecule has 2 aromatic rings. The van der Waals surface area contributed by atoms with E-state index in [1.54, 1.807) is 13.1 Å². The summed E-state index contributed by atoms with van der Waals surface area (Å²) in [7, 11) is 1.62. The smallest absolute Gasteiger partial charge is 0.269 e. The van der Waals surface area contributed by atoms with Crippen molar-refractivity contribution in [1.29, 1.82) is 0 Å². The molecular formula is C19H23N3O2. The van der Waals surface area contributed by atoms with E-state index in [0.29, 0.717) is 11.6 Å². The lowest BCUT2D eigenvalue weighted by atomic mass is 9.98. The van der Waals surface area contributed by atoms with Crippen molar-refractivity contribution in [3.05, 3.63) is 59.3 Å². The van der Waals surface area contributed by atoms with E-state index in [2.05, 4.69) is 27.3 Å². The molecule has 1 aromatic heterocycles. The van der Waals surface area contributed by atoms with E-state index in [0.717, 1.165) is 37.3 Å². The Kier molecular flexibility index (Phi) is 5.11. The normalized spacial score (nSPS) is 17.1. The highest BCUT2D eigenvalue weighted by Gasteiger charge is 2.24. The molecule has 1 saturated heterocycles. The largest absolute Gasteiger partial charge is 0.392 e. The van der Waals surface area contributed by atoms with Gasteiger partial charge in [0.15, 0.2) is 0 Å². The maximum absolute atomic E-state index is 11.7. The van der Waals surface area contributed by atoms with Gasteiger partial charge in [-0.25, -0.2) is 4.98 Å². The fourth-order valence-corrected chi connectivity index (χ4v) is 3.18. The minimum absolute atomic E-state index is 0.0881. The molecule has 1 aliphatic heterocycles. The second-order valence-corrected chi connectivity index (χ2v) is 6.24. The topological polar surface area (TPSA) is 65.5 Å². The number of aliphatic hydroxyl groups excluding tert-OH is 1. The molecule has 1 fully saturated rings. The number of hydrogen-bond donors (Lipinski definition) is 2. The number of nitrogens with zero attached hydrogens (tertiary/aromatic N) is 2. The van der Waals surface area contributed by atoms with E-state index < -0.39 is 0 Å². The molecule has 2 heterocycles. The van der Waals surface area contributed by atoms with Crippen LogP contribution in [0, 0.1) is 5.92 Å². The number of amides is 1. The lowest BCUT2D eigenvalue weighted by molar-refractivity contribution is 0.0958. The van der Waals surface area contributed by atoms with E-state index in [1.807, 2.05) is 24.3 Å². The average Bonchev–Trinajstić information content (AvgIpc) is 3.10. The van der Waals surface area contributed by atoms with Gasteiger partial charge in [-0.15, -0.1) is 0 Å². The van der Waals surface area contributed by atoms with Crippen LogP contribution in [0.5, 0.6) is 0 Å².